The molecule has 2 aromatic carbocycles. The molecule has 0 atom stereocenters. The summed E-state index contributed by atoms with van der Waals surface area (Å²) in [5, 5.41) is 0.833. The molecule has 1 fully saturated rings. The summed E-state index contributed by atoms with van der Waals surface area (Å²) >= 11 is 0. The second kappa shape index (κ2) is 8.91. The minimum absolute atomic E-state index is 0.0504. The maximum Gasteiger partial charge on any atom is 0.272 e. The predicted octanol–water partition coefficient (Wildman–Crippen LogP) is 3.05. The van der Waals surface area contributed by atoms with Crippen molar-refractivity contribution in [1.29, 1.82) is 0 Å². The lowest BCUT2D eigenvalue weighted by Crippen LogP contribution is -2.46. The highest BCUT2D eigenvalue weighted by Gasteiger charge is 2.28. The summed E-state index contributed by atoms with van der Waals surface area (Å²) in [4.78, 5) is 4.67. The topological polar surface area (TPSA) is 73.2 Å². The van der Waals surface area contributed by atoms with E-state index in [-0.39, 0.29) is 10.6 Å². The molecule has 0 spiro atoms. The molecule has 0 unspecified atom stereocenters. The summed E-state index contributed by atoms with van der Waals surface area (Å²) < 4.78 is 45.0. The zero-order chi connectivity index (χ0) is 22.9. The summed E-state index contributed by atoms with van der Waals surface area (Å²) in [6.07, 6.45) is 1.71. The number of ether oxygens (including phenoxy) is 3. The van der Waals surface area contributed by atoms with E-state index in [1.54, 1.807) is 37.6 Å². The summed E-state index contributed by atoms with van der Waals surface area (Å²) in [6.45, 7) is 6.68. The maximum atomic E-state index is 13.8. The van der Waals surface area contributed by atoms with Crippen LogP contribution in [0.2, 0.25) is 0 Å². The third-order valence-corrected chi connectivity index (χ3v) is 7.72. The number of aromatic nitrogens is 1. The summed E-state index contributed by atoms with van der Waals surface area (Å²) in [7, 11) is 0.607. The van der Waals surface area contributed by atoms with Crippen molar-refractivity contribution < 1.29 is 22.6 Å². The van der Waals surface area contributed by atoms with E-state index in [0.29, 0.717) is 17.0 Å². The van der Waals surface area contributed by atoms with Gasteiger partial charge in [-0.25, -0.2) is 12.4 Å². The van der Waals surface area contributed by atoms with Crippen LogP contribution in [0.1, 0.15) is 6.92 Å². The van der Waals surface area contributed by atoms with Crippen LogP contribution in [0.15, 0.2) is 47.5 Å². The lowest BCUT2D eigenvalue weighted by molar-refractivity contribution is 0.271. The zero-order valence-corrected chi connectivity index (χ0v) is 19.7. The Hall–Kier alpha value is -2.91. The van der Waals surface area contributed by atoms with Crippen LogP contribution in [-0.2, 0) is 10.0 Å². The van der Waals surface area contributed by atoms with E-state index in [1.165, 1.54) is 24.3 Å². The van der Waals surface area contributed by atoms with E-state index in [9.17, 15) is 8.42 Å². The van der Waals surface area contributed by atoms with Gasteiger partial charge in [-0.15, -0.1) is 0 Å². The average molecular weight is 460 g/mol. The number of fused-ring (bicyclic) bond motifs is 1. The van der Waals surface area contributed by atoms with E-state index >= 15 is 0 Å². The van der Waals surface area contributed by atoms with Gasteiger partial charge in [0.05, 0.1) is 32.5 Å². The monoisotopic (exact) mass is 459 g/mol. The molecule has 32 heavy (non-hydrogen) atoms. The molecule has 172 valence electrons. The fraction of sp³-hybridized carbons (Fsp3) is 0.391. The highest BCUT2D eigenvalue weighted by atomic mass is 32.2. The zero-order valence-electron chi connectivity index (χ0n) is 18.9. The fourth-order valence-corrected chi connectivity index (χ4v) is 5.68. The Morgan fingerprint density at radius 1 is 0.875 bits per heavy atom. The van der Waals surface area contributed by atoms with Crippen molar-refractivity contribution in [3.63, 3.8) is 0 Å². The molecular weight excluding hydrogens is 430 g/mol. The Bertz CT molecular complexity index is 1210. The predicted molar refractivity (Wildman–Crippen MR) is 125 cm³/mol. The largest absolute Gasteiger partial charge is 0.497 e. The first kappa shape index (κ1) is 22.3. The molecule has 2 heterocycles. The Morgan fingerprint density at radius 3 is 2.16 bits per heavy atom. The minimum Gasteiger partial charge on any atom is -0.497 e. The Morgan fingerprint density at radius 2 is 1.53 bits per heavy atom. The lowest BCUT2D eigenvalue weighted by Gasteiger charge is -2.35. The quantitative estimate of drug-likeness (QED) is 0.538. The first-order valence-corrected chi connectivity index (χ1v) is 12.0. The first-order valence-electron chi connectivity index (χ1n) is 10.6. The van der Waals surface area contributed by atoms with Crippen LogP contribution in [0.25, 0.3) is 10.9 Å². The molecule has 0 amide bonds. The van der Waals surface area contributed by atoms with Crippen molar-refractivity contribution in [2.75, 3.05) is 59.0 Å². The van der Waals surface area contributed by atoms with Gasteiger partial charge in [0.15, 0.2) is 0 Å². The summed E-state index contributed by atoms with van der Waals surface area (Å²) in [5.41, 5.74) is 1.46. The molecule has 3 aromatic rings. The summed E-state index contributed by atoms with van der Waals surface area (Å²) in [6, 6.07) is 10.2. The lowest BCUT2D eigenvalue weighted by atomic mass is 10.2. The van der Waals surface area contributed by atoms with Crippen LogP contribution in [0, 0.1) is 0 Å². The smallest absolute Gasteiger partial charge is 0.272 e. The molecule has 1 aliphatic rings. The van der Waals surface area contributed by atoms with Gasteiger partial charge in [0.25, 0.3) is 10.0 Å². The Kier molecular flexibility index (Phi) is 6.21. The van der Waals surface area contributed by atoms with Gasteiger partial charge in [0.2, 0.25) is 0 Å². The van der Waals surface area contributed by atoms with Gasteiger partial charge in [0, 0.05) is 43.8 Å². The van der Waals surface area contributed by atoms with Gasteiger partial charge in [-0.1, -0.05) is 6.92 Å². The Labute approximate surface area is 188 Å². The van der Waals surface area contributed by atoms with Gasteiger partial charge in [-0.3, -0.25) is 0 Å². The van der Waals surface area contributed by atoms with Crippen molar-refractivity contribution in [2.45, 2.75) is 11.8 Å². The van der Waals surface area contributed by atoms with Gasteiger partial charge in [-0.2, -0.15) is 0 Å². The molecule has 0 bridgehead atoms. The number of likely N-dealkylation sites (N-methyl/N-ethyl adjacent to an activating group) is 1. The van der Waals surface area contributed by atoms with Gasteiger partial charge >= 0.3 is 0 Å². The minimum atomic E-state index is -3.96. The maximum absolute atomic E-state index is 13.8. The number of hydrogen-bond donors (Lipinski definition) is 0. The average Bonchev–Trinajstić information content (AvgIpc) is 3.23. The number of methoxy groups -OCH3 is 3. The van der Waals surface area contributed by atoms with Gasteiger partial charge in [0.1, 0.15) is 22.1 Å². The Balaban J connectivity index is 1.88. The molecule has 0 saturated carbocycles. The van der Waals surface area contributed by atoms with Crippen molar-refractivity contribution in [3.05, 3.63) is 42.6 Å². The van der Waals surface area contributed by atoms with Crippen LogP contribution >= 0.6 is 0 Å². The van der Waals surface area contributed by atoms with Gasteiger partial charge in [-0.05, 0) is 36.9 Å². The van der Waals surface area contributed by atoms with Crippen molar-refractivity contribution >= 4 is 26.6 Å². The van der Waals surface area contributed by atoms with Crippen LogP contribution in [-0.4, -0.2) is 71.3 Å². The number of nitrogens with zero attached hydrogens (tertiary/aromatic N) is 3. The third kappa shape index (κ3) is 3.86. The van der Waals surface area contributed by atoms with E-state index < -0.39 is 10.0 Å². The standard InChI is InChI=1S/C23H29N3O5S/c1-5-24-10-12-25(13-11-24)21-16-26(20-8-6-17(29-2)14-19(20)21)32(27,28)23-15-18(30-3)7-9-22(23)31-4/h6-9,14-16H,5,10-13H2,1-4H3. The van der Waals surface area contributed by atoms with Crippen molar-refractivity contribution in [3.8, 4) is 17.2 Å². The summed E-state index contributed by atoms with van der Waals surface area (Å²) in [5.74, 6) is 1.39. The molecule has 8 nitrogen and oxygen atoms in total. The fourth-order valence-electron chi connectivity index (χ4n) is 4.14. The van der Waals surface area contributed by atoms with E-state index in [4.69, 9.17) is 14.2 Å². The molecular formula is C23H29N3O5S. The SMILES string of the molecule is CCN1CCN(c2cn(S(=O)(=O)c3cc(OC)ccc3OC)c3ccc(OC)cc23)CC1. The number of benzene rings is 2. The molecule has 4 rings (SSSR count). The van der Waals surface area contributed by atoms with E-state index in [2.05, 4.69) is 16.7 Å². The number of hydrogen-bond acceptors (Lipinski definition) is 7. The van der Waals surface area contributed by atoms with Crippen LogP contribution in [0.5, 0.6) is 17.2 Å². The molecule has 1 aromatic heterocycles. The van der Waals surface area contributed by atoms with Gasteiger partial charge < -0.3 is 24.0 Å². The van der Waals surface area contributed by atoms with E-state index in [0.717, 1.165) is 43.8 Å². The third-order valence-electron chi connectivity index (χ3n) is 6.02. The molecule has 9 heteroatoms. The molecule has 1 aliphatic heterocycles. The van der Waals surface area contributed by atoms with Crippen LogP contribution in [0.3, 0.4) is 0 Å². The molecule has 1 saturated heterocycles. The van der Waals surface area contributed by atoms with E-state index in [1.807, 2.05) is 6.07 Å². The van der Waals surface area contributed by atoms with Crippen molar-refractivity contribution in [1.82, 2.24) is 8.87 Å². The second-order valence-electron chi connectivity index (χ2n) is 7.64. The number of anilines is 1. The number of piperazine rings is 1. The normalized spacial score (nSPS) is 15.2. The number of rotatable bonds is 7. The first-order chi connectivity index (χ1) is 15.4. The molecule has 0 aliphatic carbocycles. The second-order valence-corrected chi connectivity index (χ2v) is 9.42. The molecule has 0 radical (unpaired) electrons. The van der Waals surface area contributed by atoms with Crippen LogP contribution in [0.4, 0.5) is 5.69 Å². The molecule has 0 N–H and O–H groups in total. The highest BCUT2D eigenvalue weighted by molar-refractivity contribution is 7.90. The van der Waals surface area contributed by atoms with Crippen LogP contribution < -0.4 is 19.1 Å². The van der Waals surface area contributed by atoms with Crippen molar-refractivity contribution in [2.24, 2.45) is 0 Å². The highest BCUT2D eigenvalue weighted by Crippen LogP contribution is 2.37.